The summed E-state index contributed by atoms with van der Waals surface area (Å²) >= 11 is 3.52. The number of aldehydes is 1. The topological polar surface area (TPSA) is 107 Å². The molecule has 2 aliphatic rings. The number of nitrogens with zero attached hydrogens (tertiary/aromatic N) is 5. The van der Waals surface area contributed by atoms with Gasteiger partial charge in [-0.15, -0.1) is 0 Å². The van der Waals surface area contributed by atoms with Gasteiger partial charge < -0.3 is 9.53 Å². The van der Waals surface area contributed by atoms with Gasteiger partial charge in [-0.25, -0.2) is 4.79 Å². The summed E-state index contributed by atoms with van der Waals surface area (Å²) in [4.78, 5) is 42.3. The van der Waals surface area contributed by atoms with Gasteiger partial charge in [-0.1, -0.05) is 0 Å². The first-order valence-corrected chi connectivity index (χ1v) is 26.4. The summed E-state index contributed by atoms with van der Waals surface area (Å²) in [6.45, 7) is 6.38. The Bertz CT molecular complexity index is 2100. The fraction of sp³-hybridized carbons (Fsp3) is 0.400. The van der Waals surface area contributed by atoms with Crippen molar-refractivity contribution < 1.29 is 32.6 Å². The van der Waals surface area contributed by atoms with Gasteiger partial charge in [0.2, 0.25) is 0 Å². The third kappa shape index (κ3) is 7.63. The van der Waals surface area contributed by atoms with Crippen LogP contribution in [0.5, 0.6) is 5.75 Å². The Labute approximate surface area is 305 Å². The molecule has 4 aromatic rings. The molecule has 0 saturated carbocycles. The molecule has 0 N–H and O–H groups in total. The maximum atomic E-state index is 17.0. The van der Waals surface area contributed by atoms with Gasteiger partial charge in [-0.3, -0.25) is 4.90 Å². The minimum atomic E-state index is -1.57. The zero-order chi connectivity index (χ0) is 35.6. The van der Waals surface area contributed by atoms with Crippen LogP contribution in [0.1, 0.15) is 51.4 Å². The predicted octanol–water partition coefficient (Wildman–Crippen LogP) is 6.16. The predicted molar refractivity (Wildman–Crippen MR) is 191 cm³/mol. The first-order valence-electron chi connectivity index (χ1n) is 16.1. The molecular formula is C35H34F2N5O5PSTl+. The summed E-state index contributed by atoms with van der Waals surface area (Å²) in [6.07, 6.45) is 3.90. The van der Waals surface area contributed by atoms with E-state index in [9.17, 15) is 9.59 Å². The summed E-state index contributed by atoms with van der Waals surface area (Å²) in [5.41, 5.74) is -0.256. The molecule has 2 fully saturated rings. The third-order valence-electron chi connectivity index (χ3n) is 8.54. The average molecular weight is 910 g/mol. The molecule has 0 spiro atoms. The van der Waals surface area contributed by atoms with Crippen molar-refractivity contribution in [1.82, 2.24) is 19.9 Å². The van der Waals surface area contributed by atoms with Gasteiger partial charge in [0.1, 0.15) is 11.9 Å². The van der Waals surface area contributed by atoms with E-state index in [4.69, 9.17) is 31.0 Å². The fourth-order valence-electron chi connectivity index (χ4n) is 6.57. The van der Waals surface area contributed by atoms with Crippen LogP contribution in [0.2, 0.25) is 0 Å². The Hall–Kier alpha value is -3.32. The van der Waals surface area contributed by atoms with Crippen molar-refractivity contribution in [3.05, 3.63) is 53.5 Å². The van der Waals surface area contributed by atoms with Crippen LogP contribution in [0.25, 0.3) is 32.9 Å². The number of carbonyl (C=O) groups is 2. The maximum absolute atomic E-state index is 17.0. The van der Waals surface area contributed by atoms with E-state index in [1.54, 1.807) is 18.2 Å². The SMILES string of the molecule is COCOc1cc(-c2ncc3c(N4CC5CCC(C4)N5C(=O)OC(C)(C)C)nc(CCC=O)nc3c2F)c2c(C#[C][Tl]=[P+]=S)c(F)ccc2c1. The number of hydrogen-bond donors (Lipinski definition) is 0. The Balaban J connectivity index is 1.50. The van der Waals surface area contributed by atoms with Gasteiger partial charge >= 0.3 is 230 Å². The molecule has 2 atom stereocenters. The zero-order valence-corrected chi connectivity index (χ0v) is 34.2. The molecule has 0 aliphatic carbocycles. The van der Waals surface area contributed by atoms with Crippen molar-refractivity contribution in [2.45, 2.75) is 64.1 Å². The molecule has 1 amide bonds. The van der Waals surface area contributed by atoms with E-state index in [2.05, 4.69) is 19.4 Å². The fourth-order valence-corrected chi connectivity index (χ4v) is 10.0. The van der Waals surface area contributed by atoms with Gasteiger partial charge in [-0.05, 0) is 33.6 Å². The summed E-state index contributed by atoms with van der Waals surface area (Å²) < 4.78 is 52.9. The third-order valence-corrected chi connectivity index (χ3v) is 14.8. The first-order chi connectivity index (χ1) is 24.0. The molecule has 50 heavy (non-hydrogen) atoms. The van der Waals surface area contributed by atoms with E-state index in [0.29, 0.717) is 46.6 Å². The molecule has 2 aliphatic heterocycles. The van der Waals surface area contributed by atoms with Gasteiger partial charge in [0.15, 0.2) is 0 Å². The quantitative estimate of drug-likeness (QED) is 0.0672. The number of amides is 1. The summed E-state index contributed by atoms with van der Waals surface area (Å²) in [5, 5.41) is 1.36. The monoisotopic (exact) mass is 910 g/mol. The van der Waals surface area contributed by atoms with E-state index >= 15 is 8.78 Å². The molecule has 256 valence electrons. The van der Waals surface area contributed by atoms with Crippen molar-refractivity contribution in [2.24, 2.45) is 0 Å². The van der Waals surface area contributed by atoms with Crippen LogP contribution in [-0.4, -0.2) is 100 Å². The van der Waals surface area contributed by atoms with Crippen molar-refractivity contribution in [1.29, 1.82) is 0 Å². The molecule has 2 unspecified atom stereocenters. The van der Waals surface area contributed by atoms with Crippen molar-refractivity contribution in [2.75, 3.05) is 31.9 Å². The number of carbonyl (C=O) groups excluding carboxylic acids is 2. The van der Waals surface area contributed by atoms with E-state index in [1.807, 2.05) is 30.6 Å². The number of hydrogen-bond acceptors (Lipinski definition) is 10. The van der Waals surface area contributed by atoms with E-state index in [0.717, 1.165) is 23.1 Å². The number of piperazine rings is 1. The normalized spacial score (nSPS) is 16.9. The number of aromatic nitrogens is 3. The zero-order valence-electron chi connectivity index (χ0n) is 28.0. The molecule has 2 saturated heterocycles. The van der Waals surface area contributed by atoms with Crippen molar-refractivity contribution >= 4 is 78.8 Å². The average Bonchev–Trinajstić information content (AvgIpc) is 3.35. The molecule has 0 radical (unpaired) electrons. The van der Waals surface area contributed by atoms with Crippen LogP contribution in [0.3, 0.4) is 0 Å². The standard InChI is InChI=1S/C35H34F2N5O5.PS.Tl/c1-6-24-27(36)12-9-20-14-23(46-19-45-5)15-25(29(20)24)31-30(37)32-26(16-38-31)33(40-28(39-32)8-7-13-43)41-17-21-10-11-22(18-41)42(21)34(44)47-35(2,3)4;1-2;/h9,12-16,21-22H,7-8,10-11,17-19H2,2-5H3;;/q;-1;+2. The second-order valence-electron chi connectivity index (χ2n) is 13.1. The minimum absolute atomic E-state index is 0.0178. The van der Waals surface area contributed by atoms with E-state index < -0.39 is 40.3 Å². The second-order valence-corrected chi connectivity index (χ2v) is 25.7. The van der Waals surface area contributed by atoms with Crippen molar-refractivity contribution in [3.63, 3.8) is 0 Å². The van der Waals surface area contributed by atoms with Crippen LogP contribution < -0.4 is 9.64 Å². The molecular weight excluding hydrogens is 876 g/mol. The Morgan fingerprint density at radius 1 is 1.18 bits per heavy atom. The number of anilines is 1. The van der Waals surface area contributed by atoms with E-state index in [-0.39, 0.29) is 60.1 Å². The van der Waals surface area contributed by atoms with Crippen LogP contribution >= 0.6 is 4.00 Å². The number of halogens is 2. The van der Waals surface area contributed by atoms with Crippen LogP contribution in [0.15, 0.2) is 30.5 Å². The van der Waals surface area contributed by atoms with Crippen LogP contribution in [0.4, 0.5) is 19.4 Å². The molecule has 2 aromatic heterocycles. The summed E-state index contributed by atoms with van der Waals surface area (Å²) in [6, 6.07) is 6.00. The molecule has 2 bridgehead atoms. The van der Waals surface area contributed by atoms with Crippen LogP contribution in [0, 0.1) is 21.0 Å². The van der Waals surface area contributed by atoms with Gasteiger partial charge in [-0.2, -0.15) is 0 Å². The summed E-state index contributed by atoms with van der Waals surface area (Å²) in [5.74, 6) is 2.87. The number of aryl methyl sites for hydroxylation is 1. The second kappa shape index (κ2) is 15.5. The molecule has 4 heterocycles. The molecule has 15 heteroatoms. The Morgan fingerprint density at radius 3 is 2.62 bits per heavy atom. The van der Waals surface area contributed by atoms with Gasteiger partial charge in [0.05, 0.1) is 12.1 Å². The number of pyridine rings is 1. The van der Waals surface area contributed by atoms with Crippen LogP contribution in [-0.2, 0) is 32.5 Å². The molecule has 10 nitrogen and oxygen atoms in total. The number of ether oxygens (including phenoxy) is 3. The van der Waals surface area contributed by atoms with Gasteiger partial charge in [0, 0.05) is 0 Å². The molecule has 2 aromatic carbocycles. The van der Waals surface area contributed by atoms with Crippen molar-refractivity contribution in [3.8, 4) is 26.4 Å². The summed E-state index contributed by atoms with van der Waals surface area (Å²) in [7, 11) is 1.49. The van der Waals surface area contributed by atoms with Gasteiger partial charge in [0.25, 0.3) is 0 Å². The number of methoxy groups -OCH3 is 1. The Morgan fingerprint density at radius 2 is 1.94 bits per heavy atom. The number of fused-ring (bicyclic) bond motifs is 4. The van der Waals surface area contributed by atoms with E-state index in [1.165, 1.54) is 19.4 Å². The number of rotatable bonds is 8. The number of benzene rings is 2. The Kier molecular flexibility index (Phi) is 11.3. The first kappa shape index (κ1) is 36.5. The molecule has 6 rings (SSSR count).